The zero-order valence-corrected chi connectivity index (χ0v) is 8.66. The molecule has 0 saturated carbocycles. The Morgan fingerprint density at radius 2 is 2.38 bits per heavy atom. The van der Waals surface area contributed by atoms with E-state index in [2.05, 4.69) is 18.9 Å². The quantitative estimate of drug-likeness (QED) is 0.698. The lowest BCUT2D eigenvalue weighted by atomic mass is 10.1. The molecule has 0 N–H and O–H groups in total. The highest BCUT2D eigenvalue weighted by Crippen LogP contribution is 2.11. The summed E-state index contributed by atoms with van der Waals surface area (Å²) in [6.45, 7) is 5.19. The molecule has 0 bridgehead atoms. The second-order valence-corrected chi connectivity index (χ2v) is 3.55. The molecule has 3 heteroatoms. The zero-order valence-electron chi connectivity index (χ0n) is 8.66. The second kappa shape index (κ2) is 4.90. The largest absolute Gasteiger partial charge is 0.490 e. The van der Waals surface area contributed by atoms with Gasteiger partial charge in [-0.1, -0.05) is 20.3 Å². The number of ether oxygens (including phenoxy) is 1. The Kier molecular flexibility index (Phi) is 3.80. The first-order valence-corrected chi connectivity index (χ1v) is 4.83. The SMILES string of the molecule is CCCC(C)COc1cnn(C)c1. The highest BCUT2D eigenvalue weighted by atomic mass is 16.5. The van der Waals surface area contributed by atoms with Gasteiger partial charge in [0.05, 0.1) is 19.0 Å². The van der Waals surface area contributed by atoms with Crippen LogP contribution in [0.15, 0.2) is 12.4 Å². The number of aromatic nitrogens is 2. The van der Waals surface area contributed by atoms with Gasteiger partial charge in [-0.15, -0.1) is 0 Å². The predicted molar refractivity (Wildman–Crippen MR) is 52.8 cm³/mol. The van der Waals surface area contributed by atoms with E-state index in [1.165, 1.54) is 12.8 Å². The summed E-state index contributed by atoms with van der Waals surface area (Å²) in [6, 6.07) is 0. The fraction of sp³-hybridized carbons (Fsp3) is 0.700. The van der Waals surface area contributed by atoms with Gasteiger partial charge in [-0.3, -0.25) is 4.68 Å². The minimum Gasteiger partial charge on any atom is -0.490 e. The smallest absolute Gasteiger partial charge is 0.157 e. The van der Waals surface area contributed by atoms with Gasteiger partial charge in [0.2, 0.25) is 0 Å². The lowest BCUT2D eigenvalue weighted by molar-refractivity contribution is 0.251. The Morgan fingerprint density at radius 3 is 2.92 bits per heavy atom. The van der Waals surface area contributed by atoms with Gasteiger partial charge in [0, 0.05) is 7.05 Å². The maximum absolute atomic E-state index is 5.56. The number of nitrogens with zero attached hydrogens (tertiary/aromatic N) is 2. The molecule has 74 valence electrons. The van der Waals surface area contributed by atoms with Crippen molar-refractivity contribution < 1.29 is 4.74 Å². The fourth-order valence-electron chi connectivity index (χ4n) is 1.29. The van der Waals surface area contributed by atoms with Gasteiger partial charge >= 0.3 is 0 Å². The lowest BCUT2D eigenvalue weighted by Crippen LogP contribution is -2.07. The average Bonchev–Trinajstić information content (AvgIpc) is 2.49. The predicted octanol–water partition coefficient (Wildman–Crippen LogP) is 2.24. The Labute approximate surface area is 79.7 Å². The van der Waals surface area contributed by atoms with Crippen molar-refractivity contribution in [3.63, 3.8) is 0 Å². The molecule has 0 aromatic carbocycles. The molecular weight excluding hydrogens is 164 g/mol. The molecule has 0 spiro atoms. The Bertz CT molecular complexity index is 245. The van der Waals surface area contributed by atoms with Gasteiger partial charge in [0.25, 0.3) is 0 Å². The molecule has 0 saturated heterocycles. The van der Waals surface area contributed by atoms with Crippen molar-refractivity contribution in [2.75, 3.05) is 6.61 Å². The van der Waals surface area contributed by atoms with Crippen molar-refractivity contribution in [3.8, 4) is 5.75 Å². The summed E-state index contributed by atoms with van der Waals surface area (Å²) in [4.78, 5) is 0. The van der Waals surface area contributed by atoms with Crippen LogP contribution in [0.5, 0.6) is 5.75 Å². The van der Waals surface area contributed by atoms with Crippen molar-refractivity contribution in [2.24, 2.45) is 13.0 Å². The van der Waals surface area contributed by atoms with Crippen molar-refractivity contribution in [1.82, 2.24) is 9.78 Å². The van der Waals surface area contributed by atoms with E-state index < -0.39 is 0 Å². The molecule has 0 amide bonds. The molecule has 0 aliphatic carbocycles. The van der Waals surface area contributed by atoms with Gasteiger partial charge in [-0.05, 0) is 12.3 Å². The summed E-state index contributed by atoms with van der Waals surface area (Å²) in [5.74, 6) is 1.50. The lowest BCUT2D eigenvalue weighted by Gasteiger charge is -2.09. The second-order valence-electron chi connectivity index (χ2n) is 3.55. The number of rotatable bonds is 5. The summed E-state index contributed by atoms with van der Waals surface area (Å²) in [5.41, 5.74) is 0. The number of hydrogen-bond donors (Lipinski definition) is 0. The van der Waals surface area contributed by atoms with Crippen LogP contribution in [0.3, 0.4) is 0 Å². The third-order valence-corrected chi connectivity index (χ3v) is 2.00. The van der Waals surface area contributed by atoms with E-state index in [1.807, 2.05) is 13.2 Å². The topological polar surface area (TPSA) is 27.1 Å². The van der Waals surface area contributed by atoms with E-state index in [4.69, 9.17) is 4.74 Å². The summed E-state index contributed by atoms with van der Waals surface area (Å²) >= 11 is 0. The van der Waals surface area contributed by atoms with Gasteiger partial charge in [0.15, 0.2) is 5.75 Å². The van der Waals surface area contributed by atoms with Crippen LogP contribution in [0.2, 0.25) is 0 Å². The van der Waals surface area contributed by atoms with Gasteiger partial charge in [0.1, 0.15) is 0 Å². The Hall–Kier alpha value is -0.990. The van der Waals surface area contributed by atoms with Crippen LogP contribution >= 0.6 is 0 Å². The molecule has 1 heterocycles. The van der Waals surface area contributed by atoms with Crippen molar-refractivity contribution in [2.45, 2.75) is 26.7 Å². The minimum atomic E-state index is 0.630. The zero-order chi connectivity index (χ0) is 9.68. The van der Waals surface area contributed by atoms with E-state index >= 15 is 0 Å². The van der Waals surface area contributed by atoms with E-state index in [0.717, 1.165) is 12.4 Å². The first kappa shape index (κ1) is 10.1. The van der Waals surface area contributed by atoms with E-state index in [9.17, 15) is 0 Å². The van der Waals surface area contributed by atoms with E-state index in [0.29, 0.717) is 5.92 Å². The molecule has 1 rings (SSSR count). The first-order valence-electron chi connectivity index (χ1n) is 4.83. The van der Waals surface area contributed by atoms with Crippen molar-refractivity contribution in [3.05, 3.63) is 12.4 Å². The molecule has 13 heavy (non-hydrogen) atoms. The van der Waals surface area contributed by atoms with Gasteiger partial charge < -0.3 is 4.74 Å². The van der Waals surface area contributed by atoms with Crippen LogP contribution in [0.4, 0.5) is 0 Å². The molecule has 0 radical (unpaired) electrons. The van der Waals surface area contributed by atoms with Crippen LogP contribution in [-0.4, -0.2) is 16.4 Å². The molecule has 0 aliphatic rings. The summed E-state index contributed by atoms with van der Waals surface area (Å²) < 4.78 is 7.31. The first-order chi connectivity index (χ1) is 6.22. The molecule has 3 nitrogen and oxygen atoms in total. The molecule has 0 fully saturated rings. The normalized spacial score (nSPS) is 12.8. The fourth-order valence-corrected chi connectivity index (χ4v) is 1.29. The Balaban J connectivity index is 2.26. The molecule has 1 atom stereocenters. The van der Waals surface area contributed by atoms with Crippen LogP contribution < -0.4 is 4.74 Å². The molecule has 0 aliphatic heterocycles. The Morgan fingerprint density at radius 1 is 1.62 bits per heavy atom. The van der Waals surface area contributed by atoms with Crippen molar-refractivity contribution in [1.29, 1.82) is 0 Å². The summed E-state index contributed by atoms with van der Waals surface area (Å²) in [5, 5.41) is 4.03. The molecular formula is C10H18N2O. The maximum atomic E-state index is 5.56. The number of aryl methyl sites for hydroxylation is 1. The van der Waals surface area contributed by atoms with Crippen LogP contribution in [0.1, 0.15) is 26.7 Å². The third-order valence-electron chi connectivity index (χ3n) is 2.00. The maximum Gasteiger partial charge on any atom is 0.157 e. The summed E-state index contributed by atoms with van der Waals surface area (Å²) in [6.07, 6.45) is 6.08. The average molecular weight is 182 g/mol. The van der Waals surface area contributed by atoms with Gasteiger partial charge in [-0.2, -0.15) is 5.10 Å². The molecule has 1 unspecified atom stereocenters. The minimum absolute atomic E-state index is 0.630. The highest BCUT2D eigenvalue weighted by molar-refractivity contribution is 5.11. The molecule has 1 aromatic heterocycles. The van der Waals surface area contributed by atoms with Gasteiger partial charge in [-0.25, -0.2) is 0 Å². The van der Waals surface area contributed by atoms with E-state index in [-0.39, 0.29) is 0 Å². The standard InChI is InChI=1S/C10H18N2O/c1-4-5-9(2)8-13-10-6-11-12(3)7-10/h6-7,9H,4-5,8H2,1-3H3. The summed E-state index contributed by atoms with van der Waals surface area (Å²) in [7, 11) is 1.89. The highest BCUT2D eigenvalue weighted by Gasteiger charge is 2.02. The number of hydrogen-bond acceptors (Lipinski definition) is 2. The van der Waals surface area contributed by atoms with Crippen LogP contribution in [0.25, 0.3) is 0 Å². The van der Waals surface area contributed by atoms with Crippen LogP contribution in [0, 0.1) is 5.92 Å². The molecule has 1 aromatic rings. The monoisotopic (exact) mass is 182 g/mol. The van der Waals surface area contributed by atoms with E-state index in [1.54, 1.807) is 10.9 Å². The van der Waals surface area contributed by atoms with Crippen molar-refractivity contribution >= 4 is 0 Å². The third kappa shape index (κ3) is 3.49. The van der Waals surface area contributed by atoms with Crippen LogP contribution in [-0.2, 0) is 7.05 Å².